The molecule has 1 saturated heterocycles. The van der Waals surface area contributed by atoms with E-state index in [2.05, 4.69) is 51.6 Å². The van der Waals surface area contributed by atoms with Gasteiger partial charge in [0.15, 0.2) is 0 Å². The van der Waals surface area contributed by atoms with E-state index in [0.717, 1.165) is 30.6 Å². The van der Waals surface area contributed by atoms with Gasteiger partial charge in [-0.05, 0) is 48.8 Å². The number of unbranched alkanes of at least 4 members (excludes halogenated alkanes) is 2. The predicted molar refractivity (Wildman–Crippen MR) is 110 cm³/mol. The lowest BCUT2D eigenvalue weighted by Gasteiger charge is -2.28. The van der Waals surface area contributed by atoms with Crippen molar-refractivity contribution in [3.63, 3.8) is 0 Å². The lowest BCUT2D eigenvalue weighted by molar-refractivity contribution is -0.118. The molecule has 1 aliphatic heterocycles. The number of aryl methyl sites for hydroxylation is 1. The summed E-state index contributed by atoms with van der Waals surface area (Å²) in [5.41, 5.74) is 3.89. The van der Waals surface area contributed by atoms with E-state index in [4.69, 9.17) is 0 Å². The molecule has 140 valence electrons. The highest BCUT2D eigenvalue weighted by molar-refractivity contribution is 5.95. The van der Waals surface area contributed by atoms with Crippen LogP contribution in [-0.2, 0) is 11.2 Å². The van der Waals surface area contributed by atoms with E-state index < -0.39 is 0 Å². The van der Waals surface area contributed by atoms with Crippen molar-refractivity contribution in [2.24, 2.45) is 5.41 Å². The summed E-state index contributed by atoms with van der Waals surface area (Å²) in [4.78, 5) is 14.1. The highest BCUT2D eigenvalue weighted by Gasteiger charge is 2.21. The third kappa shape index (κ3) is 7.90. The number of anilines is 1. The Balaban J connectivity index is 0.00000151. The van der Waals surface area contributed by atoms with E-state index in [1.54, 1.807) is 0 Å². The maximum atomic E-state index is 12.2. The van der Waals surface area contributed by atoms with Gasteiger partial charge < -0.3 is 4.90 Å². The van der Waals surface area contributed by atoms with Crippen molar-refractivity contribution in [2.45, 2.75) is 79.6 Å². The van der Waals surface area contributed by atoms with Crippen molar-refractivity contribution >= 4 is 11.6 Å². The Bertz CT molecular complexity index is 553. The van der Waals surface area contributed by atoms with E-state index in [1.165, 1.54) is 31.2 Å². The number of piperidine rings is 1. The van der Waals surface area contributed by atoms with Gasteiger partial charge in [-0.15, -0.1) is 0 Å². The van der Waals surface area contributed by atoms with Crippen LogP contribution in [0.3, 0.4) is 0 Å². The number of benzene rings is 1. The van der Waals surface area contributed by atoms with Crippen LogP contribution < -0.4 is 4.90 Å². The van der Waals surface area contributed by atoms with Gasteiger partial charge in [-0.1, -0.05) is 71.7 Å². The van der Waals surface area contributed by atoms with Crippen LogP contribution in [0.4, 0.5) is 5.69 Å². The molecule has 0 radical (unpaired) electrons. The van der Waals surface area contributed by atoms with E-state index in [1.807, 2.05) is 18.7 Å². The van der Waals surface area contributed by atoms with Gasteiger partial charge >= 0.3 is 0 Å². The molecular weight excluding hydrogens is 306 g/mol. The van der Waals surface area contributed by atoms with E-state index >= 15 is 0 Å². The first kappa shape index (κ1) is 21.5. The summed E-state index contributed by atoms with van der Waals surface area (Å²) in [6, 6.07) is 8.50. The predicted octanol–water partition coefficient (Wildman–Crippen LogP) is 6.54. The normalized spacial score (nSPS) is 15.0. The Hall–Kier alpha value is -1.57. The molecule has 1 aromatic carbocycles. The summed E-state index contributed by atoms with van der Waals surface area (Å²) in [6.07, 6.45) is 7.62. The first-order valence-corrected chi connectivity index (χ1v) is 9.91. The third-order valence-corrected chi connectivity index (χ3v) is 4.51. The van der Waals surface area contributed by atoms with Crippen molar-refractivity contribution in [3.8, 4) is 0 Å². The van der Waals surface area contributed by atoms with Crippen LogP contribution in [0, 0.1) is 5.41 Å². The molecule has 0 N–H and O–H groups in total. The van der Waals surface area contributed by atoms with Gasteiger partial charge in [0.1, 0.15) is 0 Å². The molecule has 0 bridgehead atoms. The molecule has 1 aromatic rings. The van der Waals surface area contributed by atoms with Crippen LogP contribution in [0.2, 0.25) is 0 Å². The van der Waals surface area contributed by atoms with Crippen LogP contribution in [0.1, 0.15) is 78.7 Å². The van der Waals surface area contributed by atoms with Crippen molar-refractivity contribution in [1.82, 2.24) is 0 Å². The number of rotatable bonds is 6. The molecule has 1 aliphatic rings. The lowest BCUT2D eigenvalue weighted by Crippen LogP contribution is -2.36. The quantitative estimate of drug-likeness (QED) is 0.424. The fraction of sp³-hybridized carbons (Fsp3) is 0.609. The fourth-order valence-corrected chi connectivity index (χ4v) is 3.11. The number of nitrogens with zero attached hydrogens (tertiary/aromatic N) is 1. The molecule has 2 rings (SSSR count). The molecule has 1 heterocycles. The highest BCUT2D eigenvalue weighted by Crippen LogP contribution is 2.25. The van der Waals surface area contributed by atoms with Gasteiger partial charge in [-0.2, -0.15) is 0 Å². The fourth-order valence-electron chi connectivity index (χ4n) is 3.11. The number of hydrogen-bond donors (Lipinski definition) is 0. The molecule has 0 aromatic heterocycles. The second kappa shape index (κ2) is 10.4. The molecule has 1 amide bonds. The molecule has 0 atom stereocenters. The van der Waals surface area contributed by atoms with E-state index in [-0.39, 0.29) is 5.91 Å². The van der Waals surface area contributed by atoms with Crippen LogP contribution in [0.15, 0.2) is 36.4 Å². The first-order valence-electron chi connectivity index (χ1n) is 9.91. The summed E-state index contributed by atoms with van der Waals surface area (Å²) in [5.74, 6) is 0.184. The summed E-state index contributed by atoms with van der Waals surface area (Å²) in [5, 5.41) is 0. The minimum atomic E-state index is 0.184. The van der Waals surface area contributed by atoms with Crippen molar-refractivity contribution in [2.75, 3.05) is 11.4 Å². The minimum absolute atomic E-state index is 0.184. The summed E-state index contributed by atoms with van der Waals surface area (Å²) in [7, 11) is 0. The molecule has 0 aliphatic carbocycles. The Morgan fingerprint density at radius 1 is 1.12 bits per heavy atom. The maximum Gasteiger partial charge on any atom is 0.231 e. The standard InChI is InChI=1S/C21H31NO.C2H6/c1-17-12-14-22(20(23)15-17)19-11-8-10-18(16-19)9-6-5-7-13-21(2,3)4;1-2/h8,10-11,16H,1,5-7,9,12-15H2,2-4H3;1-2H3. The zero-order valence-electron chi connectivity index (χ0n) is 17.0. The zero-order chi connectivity index (χ0) is 18.9. The molecule has 2 heteroatoms. The lowest BCUT2D eigenvalue weighted by atomic mass is 9.89. The minimum Gasteiger partial charge on any atom is -0.312 e. The number of carbonyl (C=O) groups excluding carboxylic acids is 1. The van der Waals surface area contributed by atoms with Crippen LogP contribution in [0.25, 0.3) is 0 Å². The van der Waals surface area contributed by atoms with Crippen LogP contribution >= 0.6 is 0 Å². The Morgan fingerprint density at radius 2 is 1.84 bits per heavy atom. The smallest absolute Gasteiger partial charge is 0.231 e. The summed E-state index contributed by atoms with van der Waals surface area (Å²) >= 11 is 0. The highest BCUT2D eigenvalue weighted by atomic mass is 16.2. The number of hydrogen-bond acceptors (Lipinski definition) is 1. The SMILES string of the molecule is C=C1CCN(c2cccc(CCCCCC(C)(C)C)c2)C(=O)C1.CC. The monoisotopic (exact) mass is 343 g/mol. The van der Waals surface area contributed by atoms with Crippen LogP contribution in [0.5, 0.6) is 0 Å². The first-order chi connectivity index (χ1) is 11.8. The van der Waals surface area contributed by atoms with Crippen molar-refractivity contribution in [1.29, 1.82) is 0 Å². The van der Waals surface area contributed by atoms with Gasteiger partial charge in [0, 0.05) is 18.7 Å². The van der Waals surface area contributed by atoms with Gasteiger partial charge in [-0.25, -0.2) is 0 Å². The average molecular weight is 344 g/mol. The Morgan fingerprint density at radius 3 is 2.48 bits per heavy atom. The molecule has 0 spiro atoms. The second-order valence-electron chi connectivity index (χ2n) is 8.01. The van der Waals surface area contributed by atoms with Crippen LogP contribution in [-0.4, -0.2) is 12.5 Å². The van der Waals surface area contributed by atoms with Crippen molar-refractivity contribution in [3.05, 3.63) is 42.0 Å². The van der Waals surface area contributed by atoms with E-state index in [0.29, 0.717) is 11.8 Å². The Kier molecular flexibility index (Phi) is 8.96. The van der Waals surface area contributed by atoms with Crippen molar-refractivity contribution < 1.29 is 4.79 Å². The molecule has 25 heavy (non-hydrogen) atoms. The molecule has 1 fully saturated rings. The maximum absolute atomic E-state index is 12.2. The van der Waals surface area contributed by atoms with Gasteiger partial charge in [0.2, 0.25) is 5.91 Å². The molecule has 2 nitrogen and oxygen atoms in total. The van der Waals surface area contributed by atoms with E-state index in [9.17, 15) is 4.79 Å². The van der Waals surface area contributed by atoms with Gasteiger partial charge in [-0.3, -0.25) is 4.79 Å². The summed E-state index contributed by atoms with van der Waals surface area (Å²) in [6.45, 7) is 15.6. The zero-order valence-corrected chi connectivity index (χ0v) is 17.0. The molecule has 0 saturated carbocycles. The number of carbonyl (C=O) groups is 1. The average Bonchev–Trinajstić information content (AvgIpc) is 2.55. The summed E-state index contributed by atoms with van der Waals surface area (Å²) < 4.78 is 0. The van der Waals surface area contributed by atoms with Gasteiger partial charge in [0.25, 0.3) is 0 Å². The largest absolute Gasteiger partial charge is 0.312 e. The molecule has 0 unspecified atom stereocenters. The topological polar surface area (TPSA) is 20.3 Å². The number of amides is 1. The van der Waals surface area contributed by atoms with Gasteiger partial charge in [0.05, 0.1) is 0 Å². The Labute approximate surface area is 155 Å². The second-order valence-corrected chi connectivity index (χ2v) is 8.01. The molecular formula is C23H37NO. The third-order valence-electron chi connectivity index (χ3n) is 4.51.